The zero-order valence-corrected chi connectivity index (χ0v) is 26.4. The Balaban J connectivity index is 2.59. The summed E-state index contributed by atoms with van der Waals surface area (Å²) in [6.45, 7) is 44.3. The molecule has 0 amide bonds. The van der Waals surface area contributed by atoms with Gasteiger partial charge in [0.25, 0.3) is 0 Å². The van der Waals surface area contributed by atoms with Crippen LogP contribution in [0.1, 0.15) is 67.5 Å². The van der Waals surface area contributed by atoms with Crippen molar-refractivity contribution in [3.05, 3.63) is 170 Å². The first-order valence-electron chi connectivity index (χ1n) is 14.3. The highest BCUT2D eigenvalue weighted by Gasteiger charge is 2.22. The van der Waals surface area contributed by atoms with Crippen molar-refractivity contribution in [1.29, 1.82) is 0 Å². The average molecular weight is 589 g/mol. The van der Waals surface area contributed by atoms with E-state index in [1.54, 1.807) is 42.5 Å². The Bertz CT molecular complexity index is 1840. The Kier molecular flexibility index (Phi) is 11.2. The highest BCUT2D eigenvalue weighted by atomic mass is 15.2. The molecule has 0 saturated heterocycles. The van der Waals surface area contributed by atoms with Crippen molar-refractivity contribution in [2.45, 2.75) is 13.8 Å². The quantitative estimate of drug-likeness (QED) is 0.166. The first-order valence-corrected chi connectivity index (χ1v) is 14.3. The molecule has 0 saturated carbocycles. The number of hydrogen-bond acceptors (Lipinski definition) is 3. The van der Waals surface area contributed by atoms with E-state index in [1.807, 2.05) is 60.9 Å². The third kappa shape index (κ3) is 6.27. The van der Waals surface area contributed by atoms with Gasteiger partial charge in [0.2, 0.25) is 5.95 Å². The smallest absolute Gasteiger partial charge is 0.238 e. The summed E-state index contributed by atoms with van der Waals surface area (Å²) in [6, 6.07) is 0. The van der Waals surface area contributed by atoms with Gasteiger partial charge < -0.3 is 0 Å². The van der Waals surface area contributed by atoms with Crippen LogP contribution in [0.25, 0.3) is 65.7 Å². The van der Waals surface area contributed by atoms with E-state index >= 15 is 0 Å². The minimum Gasteiger partial charge on any atom is -0.278 e. The van der Waals surface area contributed by atoms with E-state index in [0.717, 1.165) is 55.9 Å². The number of allylic oxidation sites excluding steroid dienone is 8. The molecule has 0 fully saturated rings. The van der Waals surface area contributed by atoms with Gasteiger partial charge in [-0.1, -0.05) is 133 Å². The van der Waals surface area contributed by atoms with Crippen molar-refractivity contribution in [1.82, 2.24) is 19.5 Å². The molecular weight excluding hydrogens is 548 g/mol. The summed E-state index contributed by atoms with van der Waals surface area (Å²) in [5.41, 5.74) is 10.5. The van der Waals surface area contributed by atoms with E-state index < -0.39 is 0 Å². The van der Waals surface area contributed by atoms with Crippen LogP contribution in [0.4, 0.5) is 0 Å². The van der Waals surface area contributed by atoms with Gasteiger partial charge in [-0.15, -0.1) is 0 Å². The standard InChI is InChI=1S/C41H40N4/c1-13-23-25-38-28(12)33(19-7)37(22-10)45(38)41-43-39(29(15-3)24-14-2)42-40(44-41)30(16-4)26-36-34(20-8)31(17-5)27(11)32(18-6)35(36)21-9/h13-26H,1-10H2,11-12H3/b25-23-,29-24+,30-26+. The fourth-order valence-electron chi connectivity index (χ4n) is 5.34. The number of hydrogen-bond donors (Lipinski definition) is 0. The Morgan fingerprint density at radius 2 is 1.07 bits per heavy atom. The normalized spacial score (nSPS) is 11.5. The first kappa shape index (κ1) is 33.6. The second-order valence-electron chi connectivity index (χ2n) is 9.81. The number of nitrogens with zero attached hydrogens (tertiary/aromatic N) is 4. The highest BCUT2D eigenvalue weighted by Crippen LogP contribution is 2.35. The van der Waals surface area contributed by atoms with Gasteiger partial charge in [-0.2, -0.15) is 9.97 Å². The number of rotatable bonds is 15. The lowest BCUT2D eigenvalue weighted by Gasteiger charge is -2.19. The Morgan fingerprint density at radius 1 is 0.533 bits per heavy atom. The maximum absolute atomic E-state index is 5.01. The molecule has 0 aliphatic carbocycles. The fourth-order valence-corrected chi connectivity index (χ4v) is 5.34. The zero-order chi connectivity index (χ0) is 33.3. The van der Waals surface area contributed by atoms with Gasteiger partial charge in [0, 0.05) is 16.7 Å². The second-order valence-corrected chi connectivity index (χ2v) is 9.81. The highest BCUT2D eigenvalue weighted by molar-refractivity contribution is 5.94. The molecule has 0 unspecified atom stereocenters. The molecule has 3 aromatic rings. The molecule has 45 heavy (non-hydrogen) atoms. The van der Waals surface area contributed by atoms with E-state index in [1.165, 1.54) is 0 Å². The molecule has 224 valence electrons. The monoisotopic (exact) mass is 588 g/mol. The number of benzene rings is 1. The lowest BCUT2D eigenvalue weighted by atomic mass is 9.86. The molecule has 0 spiro atoms. The topological polar surface area (TPSA) is 43.6 Å². The van der Waals surface area contributed by atoms with Gasteiger partial charge in [0.15, 0.2) is 11.6 Å². The lowest BCUT2D eigenvalue weighted by Crippen LogP contribution is -2.11. The lowest BCUT2D eigenvalue weighted by molar-refractivity contribution is 0.866. The summed E-state index contributed by atoms with van der Waals surface area (Å²) in [6.07, 6.45) is 25.2. The second kappa shape index (κ2) is 15.0. The van der Waals surface area contributed by atoms with Crippen LogP contribution in [0.3, 0.4) is 0 Å². The molecule has 3 rings (SSSR count). The molecule has 0 N–H and O–H groups in total. The molecule has 2 heterocycles. The molecule has 0 aliphatic heterocycles. The summed E-state index contributed by atoms with van der Waals surface area (Å²) in [7, 11) is 0. The van der Waals surface area contributed by atoms with Crippen molar-refractivity contribution in [3.63, 3.8) is 0 Å². The predicted molar refractivity (Wildman–Crippen MR) is 201 cm³/mol. The summed E-state index contributed by atoms with van der Waals surface area (Å²) in [4.78, 5) is 14.8. The van der Waals surface area contributed by atoms with E-state index in [9.17, 15) is 0 Å². The molecule has 1 aromatic carbocycles. The van der Waals surface area contributed by atoms with Crippen LogP contribution in [0, 0.1) is 13.8 Å². The van der Waals surface area contributed by atoms with E-state index in [2.05, 4.69) is 65.8 Å². The third-order valence-corrected chi connectivity index (χ3v) is 7.50. The van der Waals surface area contributed by atoms with Crippen LogP contribution in [-0.4, -0.2) is 19.5 Å². The van der Waals surface area contributed by atoms with Crippen LogP contribution in [0.15, 0.2) is 102 Å². The Morgan fingerprint density at radius 3 is 1.51 bits per heavy atom. The Labute approximate surface area is 268 Å². The van der Waals surface area contributed by atoms with E-state index in [-0.39, 0.29) is 0 Å². The summed E-state index contributed by atoms with van der Waals surface area (Å²) in [5, 5.41) is 0. The van der Waals surface area contributed by atoms with Crippen molar-refractivity contribution >= 4 is 59.8 Å². The molecule has 4 heteroatoms. The van der Waals surface area contributed by atoms with Crippen LogP contribution in [-0.2, 0) is 0 Å². The van der Waals surface area contributed by atoms with Gasteiger partial charge in [-0.05, 0) is 71.0 Å². The molecule has 0 radical (unpaired) electrons. The zero-order valence-electron chi connectivity index (χ0n) is 26.4. The molecule has 0 aliphatic rings. The van der Waals surface area contributed by atoms with Gasteiger partial charge >= 0.3 is 0 Å². The molecule has 4 nitrogen and oxygen atoms in total. The van der Waals surface area contributed by atoms with Crippen molar-refractivity contribution in [2.24, 2.45) is 0 Å². The summed E-state index contributed by atoms with van der Waals surface area (Å²) < 4.78 is 1.94. The maximum Gasteiger partial charge on any atom is 0.238 e. The minimum atomic E-state index is 0.379. The molecule has 0 bridgehead atoms. The van der Waals surface area contributed by atoms with Crippen LogP contribution < -0.4 is 0 Å². The third-order valence-electron chi connectivity index (χ3n) is 7.50. The maximum atomic E-state index is 5.01. The van der Waals surface area contributed by atoms with Crippen LogP contribution in [0.2, 0.25) is 0 Å². The van der Waals surface area contributed by atoms with Gasteiger partial charge in [0.1, 0.15) is 0 Å². The minimum absolute atomic E-state index is 0.379. The molecule has 2 aromatic heterocycles. The summed E-state index contributed by atoms with van der Waals surface area (Å²) in [5.74, 6) is 1.19. The first-order chi connectivity index (χ1) is 21.7. The van der Waals surface area contributed by atoms with Gasteiger partial charge in [-0.25, -0.2) is 4.98 Å². The number of aromatic nitrogens is 4. The largest absolute Gasteiger partial charge is 0.278 e. The molecule has 0 atom stereocenters. The SMILES string of the molecule is C=C/C=C\c1c(C)c(C=C)c(C=C)n1-c1nc(/C(C=C)=C/C=C)nc(/C(C=C)=C/c2c(C=C)c(C=C)c(C)c(C=C)c2C=C)n1. The van der Waals surface area contributed by atoms with E-state index in [4.69, 9.17) is 15.0 Å². The van der Waals surface area contributed by atoms with Crippen LogP contribution >= 0.6 is 0 Å². The average Bonchev–Trinajstić information content (AvgIpc) is 3.34. The van der Waals surface area contributed by atoms with Crippen molar-refractivity contribution in [2.75, 3.05) is 0 Å². The van der Waals surface area contributed by atoms with Crippen molar-refractivity contribution < 1.29 is 0 Å². The molecular formula is C41H40N4. The summed E-state index contributed by atoms with van der Waals surface area (Å²) >= 11 is 0. The van der Waals surface area contributed by atoms with Gasteiger partial charge in [0.05, 0.1) is 11.4 Å². The van der Waals surface area contributed by atoms with E-state index in [0.29, 0.717) is 28.7 Å². The van der Waals surface area contributed by atoms with Crippen molar-refractivity contribution in [3.8, 4) is 5.95 Å². The van der Waals surface area contributed by atoms with Gasteiger partial charge in [-0.3, -0.25) is 4.57 Å². The van der Waals surface area contributed by atoms with Crippen LogP contribution in [0.5, 0.6) is 0 Å². The predicted octanol–water partition coefficient (Wildman–Crippen LogP) is 10.8. The Hall–Kier alpha value is -5.87. The fraction of sp³-hybridized carbons (Fsp3) is 0.0488.